The minimum Gasteiger partial charge on any atom is -0.0931 e. The molecule has 0 saturated heterocycles. The van der Waals surface area contributed by atoms with Gasteiger partial charge in [0.15, 0.2) is 0 Å². The van der Waals surface area contributed by atoms with E-state index in [9.17, 15) is 0 Å². The molecule has 4 bridgehead atoms. The highest BCUT2D eigenvalue weighted by Gasteiger charge is 2.46. The van der Waals surface area contributed by atoms with Crippen molar-refractivity contribution in [3.63, 3.8) is 0 Å². The number of fused-ring (bicyclic) bond motifs is 4. The third kappa shape index (κ3) is 5.07. The SMILES string of the molecule is I[C@@H]1[C@H]2CC[C@H](C2)[C@@H]1C#Cc1ccccc1.I[C@H]1[C@@H]2CC[C@@H](C2)[C@H]1C#Cc1ccccc1. The van der Waals surface area contributed by atoms with E-state index in [1.54, 1.807) is 0 Å². The van der Waals surface area contributed by atoms with Gasteiger partial charge in [-0.2, -0.15) is 0 Å². The molecule has 8 atom stereocenters. The molecule has 164 valence electrons. The topological polar surface area (TPSA) is 0 Å². The molecular weight excluding hydrogens is 614 g/mol. The fourth-order valence-corrected chi connectivity index (χ4v) is 9.05. The van der Waals surface area contributed by atoms with Gasteiger partial charge < -0.3 is 0 Å². The average molecular weight is 644 g/mol. The summed E-state index contributed by atoms with van der Waals surface area (Å²) in [7, 11) is 0. The van der Waals surface area contributed by atoms with Crippen molar-refractivity contribution in [1.82, 2.24) is 0 Å². The van der Waals surface area contributed by atoms with Crippen molar-refractivity contribution in [1.29, 1.82) is 0 Å². The molecule has 0 nitrogen and oxygen atoms in total. The Labute approximate surface area is 221 Å². The summed E-state index contributed by atoms with van der Waals surface area (Å²) < 4.78 is 1.60. The lowest BCUT2D eigenvalue weighted by Gasteiger charge is -2.22. The summed E-state index contributed by atoms with van der Waals surface area (Å²) >= 11 is 5.25. The molecule has 4 fully saturated rings. The van der Waals surface area contributed by atoms with Gasteiger partial charge in [-0.3, -0.25) is 0 Å². The van der Waals surface area contributed by atoms with Gasteiger partial charge in [-0.15, -0.1) is 0 Å². The van der Waals surface area contributed by atoms with Crippen LogP contribution in [0.5, 0.6) is 0 Å². The first-order valence-corrected chi connectivity index (χ1v) is 14.6. The van der Waals surface area contributed by atoms with Crippen LogP contribution in [0.15, 0.2) is 60.7 Å². The quantitative estimate of drug-likeness (QED) is 0.156. The molecule has 0 aliphatic heterocycles. The van der Waals surface area contributed by atoms with Crippen molar-refractivity contribution in [2.24, 2.45) is 35.5 Å². The molecule has 4 saturated carbocycles. The average Bonchev–Trinajstić information content (AvgIpc) is 3.61. The largest absolute Gasteiger partial charge is 0.0931 e. The Morgan fingerprint density at radius 3 is 1.25 bits per heavy atom. The third-order valence-electron chi connectivity index (χ3n) is 7.94. The molecule has 0 spiro atoms. The minimum absolute atomic E-state index is 0.652. The molecule has 32 heavy (non-hydrogen) atoms. The highest BCUT2D eigenvalue weighted by molar-refractivity contribution is 14.1. The van der Waals surface area contributed by atoms with Crippen molar-refractivity contribution in [3.8, 4) is 23.7 Å². The van der Waals surface area contributed by atoms with Gasteiger partial charge in [0.2, 0.25) is 0 Å². The first-order chi connectivity index (χ1) is 15.7. The zero-order chi connectivity index (χ0) is 21.9. The maximum atomic E-state index is 3.52. The zero-order valence-corrected chi connectivity index (χ0v) is 22.7. The number of halogens is 2. The Kier molecular flexibility index (Phi) is 7.49. The van der Waals surface area contributed by atoms with E-state index in [1.807, 2.05) is 12.1 Å². The Morgan fingerprint density at radius 2 is 0.906 bits per heavy atom. The van der Waals surface area contributed by atoms with E-state index < -0.39 is 0 Å². The maximum absolute atomic E-state index is 3.52. The van der Waals surface area contributed by atoms with Crippen molar-refractivity contribution >= 4 is 45.2 Å². The van der Waals surface area contributed by atoms with E-state index in [0.717, 1.165) is 42.6 Å². The molecule has 2 heteroatoms. The predicted molar refractivity (Wildman–Crippen MR) is 151 cm³/mol. The molecule has 4 aliphatic rings. The normalized spacial score (nSPS) is 35.8. The lowest BCUT2D eigenvalue weighted by molar-refractivity contribution is 0.427. The summed E-state index contributed by atoms with van der Waals surface area (Å²) in [5.41, 5.74) is 2.32. The second kappa shape index (κ2) is 10.5. The van der Waals surface area contributed by atoms with Gasteiger partial charge in [-0.05, 0) is 86.5 Å². The van der Waals surface area contributed by atoms with Crippen LogP contribution in [0.3, 0.4) is 0 Å². The highest BCUT2D eigenvalue weighted by atomic mass is 127. The maximum Gasteiger partial charge on any atom is 0.0355 e. The summed E-state index contributed by atoms with van der Waals surface area (Å²) in [5, 5.41) is 0. The molecule has 6 rings (SSSR count). The van der Waals surface area contributed by atoms with Crippen LogP contribution in [0.4, 0.5) is 0 Å². The van der Waals surface area contributed by atoms with E-state index in [-0.39, 0.29) is 0 Å². The smallest absolute Gasteiger partial charge is 0.0355 e. The lowest BCUT2D eigenvalue weighted by atomic mass is 9.89. The van der Waals surface area contributed by atoms with Crippen LogP contribution in [0.25, 0.3) is 0 Å². The minimum atomic E-state index is 0.652. The van der Waals surface area contributed by atoms with Crippen molar-refractivity contribution in [2.45, 2.75) is 46.4 Å². The van der Waals surface area contributed by atoms with E-state index >= 15 is 0 Å². The molecule has 2 aromatic carbocycles. The number of hydrogen-bond donors (Lipinski definition) is 0. The van der Waals surface area contributed by atoms with Gasteiger partial charge >= 0.3 is 0 Å². The predicted octanol–water partition coefficient (Wildman–Crippen LogP) is 7.78. The Hall–Kier alpha value is -0.980. The number of alkyl halides is 2. The van der Waals surface area contributed by atoms with Crippen LogP contribution >= 0.6 is 45.2 Å². The molecular formula is C30H30I2. The first kappa shape index (κ1) is 22.8. The Balaban J connectivity index is 0.000000135. The van der Waals surface area contributed by atoms with Crippen molar-refractivity contribution < 1.29 is 0 Å². The summed E-state index contributed by atoms with van der Waals surface area (Å²) in [4.78, 5) is 0. The second-order valence-corrected chi connectivity index (χ2v) is 12.8. The lowest BCUT2D eigenvalue weighted by Crippen LogP contribution is -2.20. The van der Waals surface area contributed by atoms with Crippen LogP contribution in [-0.4, -0.2) is 7.85 Å². The van der Waals surface area contributed by atoms with E-state index in [1.165, 1.54) is 38.5 Å². The molecule has 0 radical (unpaired) electrons. The molecule has 0 heterocycles. The van der Waals surface area contributed by atoms with Gasteiger partial charge in [0, 0.05) is 30.8 Å². The van der Waals surface area contributed by atoms with Gasteiger partial charge in [0.1, 0.15) is 0 Å². The van der Waals surface area contributed by atoms with Crippen LogP contribution < -0.4 is 0 Å². The first-order valence-electron chi connectivity index (χ1n) is 12.1. The van der Waals surface area contributed by atoms with Crippen molar-refractivity contribution in [2.75, 3.05) is 0 Å². The van der Waals surface area contributed by atoms with Gasteiger partial charge in [-0.1, -0.05) is 105 Å². The number of hydrogen-bond acceptors (Lipinski definition) is 0. The number of benzene rings is 2. The fraction of sp³-hybridized carbons (Fsp3) is 0.467. The Morgan fingerprint density at radius 1 is 0.531 bits per heavy atom. The summed E-state index contributed by atoms with van der Waals surface area (Å²) in [6.07, 6.45) is 8.59. The van der Waals surface area contributed by atoms with Crippen LogP contribution in [0.1, 0.15) is 49.7 Å². The van der Waals surface area contributed by atoms with Crippen molar-refractivity contribution in [3.05, 3.63) is 71.8 Å². The van der Waals surface area contributed by atoms with E-state index in [0.29, 0.717) is 11.8 Å². The number of rotatable bonds is 0. The highest BCUT2D eigenvalue weighted by Crippen LogP contribution is 2.52. The van der Waals surface area contributed by atoms with Gasteiger partial charge in [0.25, 0.3) is 0 Å². The molecule has 4 aliphatic carbocycles. The van der Waals surface area contributed by atoms with Gasteiger partial charge in [0.05, 0.1) is 0 Å². The van der Waals surface area contributed by atoms with E-state index in [2.05, 4.69) is 117 Å². The molecule has 0 amide bonds. The molecule has 2 aromatic rings. The molecule has 0 N–H and O–H groups in total. The van der Waals surface area contributed by atoms with Crippen LogP contribution in [0.2, 0.25) is 0 Å². The van der Waals surface area contributed by atoms with Crippen LogP contribution in [0, 0.1) is 59.2 Å². The molecule has 0 unspecified atom stereocenters. The Bertz CT molecular complexity index is 933. The van der Waals surface area contributed by atoms with Crippen LogP contribution in [-0.2, 0) is 0 Å². The summed E-state index contributed by atoms with van der Waals surface area (Å²) in [6, 6.07) is 20.7. The molecule has 0 aromatic heterocycles. The monoisotopic (exact) mass is 644 g/mol. The summed E-state index contributed by atoms with van der Waals surface area (Å²) in [6.45, 7) is 0. The van der Waals surface area contributed by atoms with E-state index in [4.69, 9.17) is 0 Å². The second-order valence-electron chi connectivity index (χ2n) is 9.88. The van der Waals surface area contributed by atoms with Gasteiger partial charge in [-0.25, -0.2) is 0 Å². The fourth-order valence-electron chi connectivity index (χ4n) is 6.21. The zero-order valence-electron chi connectivity index (χ0n) is 18.4. The standard InChI is InChI=1S/2C15H15I/c2*16-15-13-8-7-12(10-13)14(15)9-6-11-4-2-1-3-5-11/h2*1-5,12-15H,7-8,10H2/t2*12-,13+,14+,15-/m10/s1. The third-order valence-corrected chi connectivity index (χ3v) is 11.5. The summed E-state index contributed by atoms with van der Waals surface area (Å²) in [5.74, 6) is 18.7.